The highest BCUT2D eigenvalue weighted by atomic mass is 79.9. The van der Waals surface area contributed by atoms with E-state index in [1.165, 1.54) is 31.5 Å². The fraction of sp³-hybridized carbons (Fsp3) is 0.647. The third-order valence-electron chi connectivity index (χ3n) is 4.06. The van der Waals surface area contributed by atoms with Gasteiger partial charge in [-0.1, -0.05) is 0 Å². The van der Waals surface area contributed by atoms with E-state index < -0.39 is 0 Å². The van der Waals surface area contributed by atoms with Crippen molar-refractivity contribution in [3.8, 4) is 11.5 Å². The zero-order chi connectivity index (χ0) is 15.9. The summed E-state index contributed by atoms with van der Waals surface area (Å²) in [6.45, 7) is 6.95. The number of hydrogen-bond donors (Lipinski definition) is 1. The molecule has 0 radical (unpaired) electrons. The van der Waals surface area contributed by atoms with E-state index in [4.69, 9.17) is 9.47 Å². The minimum atomic E-state index is 0.627. The van der Waals surface area contributed by atoms with Crippen molar-refractivity contribution in [2.24, 2.45) is 5.92 Å². The first-order chi connectivity index (χ1) is 10.6. The van der Waals surface area contributed by atoms with Crippen LogP contribution in [-0.2, 0) is 6.54 Å². The fourth-order valence-electron chi connectivity index (χ4n) is 3.02. The summed E-state index contributed by atoms with van der Waals surface area (Å²) < 4.78 is 12.0. The van der Waals surface area contributed by atoms with Gasteiger partial charge in [0.15, 0.2) is 11.5 Å². The van der Waals surface area contributed by atoms with Gasteiger partial charge in [0.2, 0.25) is 0 Å². The molecule has 1 aliphatic rings. The van der Waals surface area contributed by atoms with Crippen LogP contribution in [0.2, 0.25) is 0 Å². The SMILES string of the molecule is CCOc1c(Br)cc(CNCC2CCCN(C)C2)cc1OC. The molecule has 1 N–H and O–H groups in total. The Morgan fingerprint density at radius 2 is 2.23 bits per heavy atom. The Hall–Kier alpha value is -0.780. The highest BCUT2D eigenvalue weighted by molar-refractivity contribution is 9.10. The van der Waals surface area contributed by atoms with Crippen LogP contribution in [0.15, 0.2) is 16.6 Å². The molecule has 124 valence electrons. The molecule has 1 saturated heterocycles. The number of likely N-dealkylation sites (tertiary alicyclic amines) is 1. The summed E-state index contributed by atoms with van der Waals surface area (Å²) in [5.74, 6) is 2.32. The van der Waals surface area contributed by atoms with Crippen molar-refractivity contribution < 1.29 is 9.47 Å². The van der Waals surface area contributed by atoms with Crippen LogP contribution in [0.4, 0.5) is 0 Å². The summed E-state index contributed by atoms with van der Waals surface area (Å²) in [7, 11) is 3.89. The Kier molecular flexibility index (Phi) is 6.99. The van der Waals surface area contributed by atoms with Gasteiger partial charge < -0.3 is 19.7 Å². The first-order valence-corrected chi connectivity index (χ1v) is 8.81. The van der Waals surface area contributed by atoms with Gasteiger partial charge in [-0.25, -0.2) is 0 Å². The number of nitrogens with zero attached hydrogens (tertiary/aromatic N) is 1. The second-order valence-electron chi connectivity index (χ2n) is 5.94. The quantitative estimate of drug-likeness (QED) is 0.798. The van der Waals surface area contributed by atoms with Gasteiger partial charge in [-0.2, -0.15) is 0 Å². The molecular weight excluding hydrogens is 344 g/mol. The number of rotatable bonds is 7. The van der Waals surface area contributed by atoms with Crippen LogP contribution in [0, 0.1) is 5.92 Å². The zero-order valence-corrected chi connectivity index (χ0v) is 15.4. The van der Waals surface area contributed by atoms with E-state index in [9.17, 15) is 0 Å². The number of methoxy groups -OCH3 is 1. The lowest BCUT2D eigenvalue weighted by molar-refractivity contribution is 0.206. The maximum absolute atomic E-state index is 5.63. The second-order valence-corrected chi connectivity index (χ2v) is 6.80. The molecule has 22 heavy (non-hydrogen) atoms. The minimum absolute atomic E-state index is 0.627. The van der Waals surface area contributed by atoms with Crippen LogP contribution in [0.1, 0.15) is 25.3 Å². The van der Waals surface area contributed by atoms with Crippen molar-refractivity contribution in [1.29, 1.82) is 0 Å². The lowest BCUT2D eigenvalue weighted by atomic mass is 9.98. The van der Waals surface area contributed by atoms with Crippen molar-refractivity contribution >= 4 is 15.9 Å². The van der Waals surface area contributed by atoms with Gasteiger partial charge in [0.25, 0.3) is 0 Å². The van der Waals surface area contributed by atoms with Gasteiger partial charge in [-0.15, -0.1) is 0 Å². The number of piperidine rings is 1. The molecule has 5 heteroatoms. The van der Waals surface area contributed by atoms with Crippen LogP contribution in [0.5, 0.6) is 11.5 Å². The van der Waals surface area contributed by atoms with Gasteiger partial charge in [-0.05, 0) is 79.4 Å². The summed E-state index contributed by atoms with van der Waals surface area (Å²) >= 11 is 3.58. The third kappa shape index (κ3) is 4.86. The van der Waals surface area contributed by atoms with Crippen LogP contribution < -0.4 is 14.8 Å². The van der Waals surface area contributed by atoms with E-state index in [0.29, 0.717) is 6.61 Å². The molecule has 0 bridgehead atoms. The van der Waals surface area contributed by atoms with Gasteiger partial charge >= 0.3 is 0 Å². The standard InChI is InChI=1S/C17H27BrN2O2/c1-4-22-17-15(18)8-14(9-16(17)21-3)11-19-10-13-6-5-7-20(2)12-13/h8-9,13,19H,4-7,10-12H2,1-3H3. The van der Waals surface area contributed by atoms with Crippen LogP contribution >= 0.6 is 15.9 Å². The smallest absolute Gasteiger partial charge is 0.175 e. The highest BCUT2D eigenvalue weighted by Gasteiger charge is 2.17. The summed E-state index contributed by atoms with van der Waals surface area (Å²) in [5.41, 5.74) is 1.20. The summed E-state index contributed by atoms with van der Waals surface area (Å²) in [6, 6.07) is 4.16. The Labute approximate surface area is 142 Å². The molecule has 0 saturated carbocycles. The van der Waals surface area contributed by atoms with Crippen LogP contribution in [-0.4, -0.2) is 45.3 Å². The molecule has 0 aliphatic carbocycles. The molecule has 0 aromatic heterocycles. The Balaban J connectivity index is 1.91. The summed E-state index contributed by atoms with van der Waals surface area (Å²) in [6.07, 6.45) is 2.64. The van der Waals surface area contributed by atoms with E-state index >= 15 is 0 Å². The van der Waals surface area contributed by atoms with E-state index in [0.717, 1.165) is 35.0 Å². The maximum atomic E-state index is 5.63. The number of hydrogen-bond acceptors (Lipinski definition) is 4. The van der Waals surface area contributed by atoms with Gasteiger partial charge in [0.05, 0.1) is 18.2 Å². The van der Waals surface area contributed by atoms with Crippen molar-refractivity contribution in [1.82, 2.24) is 10.2 Å². The van der Waals surface area contributed by atoms with Crippen molar-refractivity contribution in [3.63, 3.8) is 0 Å². The Morgan fingerprint density at radius 1 is 1.41 bits per heavy atom. The minimum Gasteiger partial charge on any atom is -0.493 e. The monoisotopic (exact) mass is 370 g/mol. The second kappa shape index (κ2) is 8.75. The topological polar surface area (TPSA) is 33.7 Å². The van der Waals surface area contributed by atoms with Gasteiger partial charge in [-0.3, -0.25) is 0 Å². The third-order valence-corrected chi connectivity index (χ3v) is 4.65. The van der Waals surface area contributed by atoms with Gasteiger partial charge in [0.1, 0.15) is 0 Å². The zero-order valence-electron chi connectivity index (χ0n) is 13.8. The molecule has 1 unspecified atom stereocenters. The summed E-state index contributed by atoms with van der Waals surface area (Å²) in [4.78, 5) is 2.42. The number of benzene rings is 1. The molecule has 0 amide bonds. The van der Waals surface area contributed by atoms with Crippen molar-refractivity contribution in [2.75, 3.05) is 40.4 Å². The first-order valence-electron chi connectivity index (χ1n) is 8.02. The van der Waals surface area contributed by atoms with Crippen LogP contribution in [0.25, 0.3) is 0 Å². The first kappa shape index (κ1) is 17.6. The molecule has 1 aromatic carbocycles. The normalized spacial score (nSPS) is 19.2. The summed E-state index contributed by atoms with van der Waals surface area (Å²) in [5, 5.41) is 3.58. The van der Waals surface area contributed by atoms with E-state index in [1.54, 1.807) is 7.11 Å². The molecule has 1 fully saturated rings. The molecule has 1 heterocycles. The Bertz CT molecular complexity index is 482. The average Bonchev–Trinajstić information content (AvgIpc) is 2.50. The molecule has 0 spiro atoms. The van der Waals surface area contributed by atoms with Crippen molar-refractivity contribution in [3.05, 3.63) is 22.2 Å². The van der Waals surface area contributed by atoms with E-state index in [-0.39, 0.29) is 0 Å². The fourth-order valence-corrected chi connectivity index (χ4v) is 3.62. The van der Waals surface area contributed by atoms with Crippen molar-refractivity contribution in [2.45, 2.75) is 26.3 Å². The highest BCUT2D eigenvalue weighted by Crippen LogP contribution is 2.36. The number of halogens is 1. The number of nitrogens with one attached hydrogen (secondary N) is 1. The molecule has 1 aromatic rings. The largest absolute Gasteiger partial charge is 0.493 e. The lowest BCUT2D eigenvalue weighted by Gasteiger charge is -2.29. The Morgan fingerprint density at radius 3 is 2.91 bits per heavy atom. The number of ether oxygens (including phenoxy) is 2. The predicted octanol–water partition coefficient (Wildman–Crippen LogP) is 3.29. The van der Waals surface area contributed by atoms with E-state index in [1.807, 2.05) is 6.92 Å². The predicted molar refractivity (Wildman–Crippen MR) is 93.8 cm³/mol. The average molecular weight is 371 g/mol. The molecule has 1 aliphatic heterocycles. The molecular formula is C17H27BrN2O2. The lowest BCUT2D eigenvalue weighted by Crippen LogP contribution is -2.37. The van der Waals surface area contributed by atoms with Crippen LogP contribution in [0.3, 0.4) is 0 Å². The molecule has 1 atom stereocenters. The molecule has 2 rings (SSSR count). The maximum Gasteiger partial charge on any atom is 0.175 e. The molecule has 4 nitrogen and oxygen atoms in total. The van der Waals surface area contributed by atoms with E-state index in [2.05, 4.69) is 45.3 Å². The van der Waals surface area contributed by atoms with Gasteiger partial charge in [0, 0.05) is 13.1 Å².